The highest BCUT2D eigenvalue weighted by Gasteiger charge is 2.18. The molecule has 0 radical (unpaired) electrons. The number of hydrogen-bond acceptors (Lipinski definition) is 3. The van der Waals surface area contributed by atoms with Crippen molar-refractivity contribution in [3.05, 3.63) is 70.5 Å². The summed E-state index contributed by atoms with van der Waals surface area (Å²) in [6.45, 7) is 1.92. The van der Waals surface area contributed by atoms with E-state index in [9.17, 15) is 9.18 Å². The van der Waals surface area contributed by atoms with Gasteiger partial charge >= 0.3 is 0 Å². The van der Waals surface area contributed by atoms with E-state index in [0.717, 1.165) is 0 Å². The highest BCUT2D eigenvalue weighted by Crippen LogP contribution is 2.19. The Bertz CT molecular complexity index is 874. The Morgan fingerprint density at radius 1 is 1.18 bits per heavy atom. The van der Waals surface area contributed by atoms with Gasteiger partial charge in [0.05, 0.1) is 17.2 Å². The molecule has 1 aromatic heterocycles. The van der Waals surface area contributed by atoms with E-state index in [4.69, 9.17) is 5.73 Å². The highest BCUT2D eigenvalue weighted by molar-refractivity contribution is 5.78. The van der Waals surface area contributed by atoms with Crippen molar-refractivity contribution in [2.24, 2.45) is 5.73 Å². The van der Waals surface area contributed by atoms with Crippen molar-refractivity contribution in [3.8, 4) is 5.69 Å². The standard InChI is InChI=1S/C17H16FN3O/c1-2-13(19)16-20-14-10-6-9-12(18)15(14)17(22)21(16)11-7-4-3-5-8-11/h3-10,13H,2,19H2,1H3/t13-/m1/s1. The first kappa shape index (κ1) is 14.4. The van der Waals surface area contributed by atoms with Crippen LogP contribution in [0, 0.1) is 5.82 Å². The van der Waals surface area contributed by atoms with Crippen molar-refractivity contribution >= 4 is 10.9 Å². The van der Waals surface area contributed by atoms with Gasteiger partial charge in [0.1, 0.15) is 17.0 Å². The van der Waals surface area contributed by atoms with Gasteiger partial charge in [-0.1, -0.05) is 31.2 Å². The zero-order valence-corrected chi connectivity index (χ0v) is 12.2. The molecule has 0 bridgehead atoms. The number of fused-ring (bicyclic) bond motifs is 1. The Hall–Kier alpha value is -2.53. The quantitative estimate of drug-likeness (QED) is 0.808. The van der Waals surface area contributed by atoms with E-state index < -0.39 is 17.4 Å². The molecule has 0 unspecified atom stereocenters. The normalized spacial score (nSPS) is 12.5. The molecule has 5 heteroatoms. The van der Waals surface area contributed by atoms with Crippen molar-refractivity contribution in [3.63, 3.8) is 0 Å². The molecule has 0 aliphatic heterocycles. The fourth-order valence-corrected chi connectivity index (χ4v) is 2.46. The van der Waals surface area contributed by atoms with E-state index in [1.54, 1.807) is 18.2 Å². The fourth-order valence-electron chi connectivity index (χ4n) is 2.46. The number of para-hydroxylation sites is 1. The van der Waals surface area contributed by atoms with Crippen molar-refractivity contribution in [1.82, 2.24) is 9.55 Å². The zero-order chi connectivity index (χ0) is 15.7. The Morgan fingerprint density at radius 2 is 1.91 bits per heavy atom. The van der Waals surface area contributed by atoms with Crippen LogP contribution in [0.15, 0.2) is 53.3 Å². The largest absolute Gasteiger partial charge is 0.321 e. The van der Waals surface area contributed by atoms with Gasteiger partial charge in [0.15, 0.2) is 0 Å². The molecule has 0 saturated heterocycles. The third-order valence-corrected chi connectivity index (χ3v) is 3.66. The molecule has 1 atom stereocenters. The Labute approximate surface area is 127 Å². The van der Waals surface area contributed by atoms with Crippen LogP contribution in [-0.2, 0) is 0 Å². The smallest absolute Gasteiger partial charge is 0.269 e. The molecule has 112 valence electrons. The molecule has 0 spiro atoms. The summed E-state index contributed by atoms with van der Waals surface area (Å²) < 4.78 is 15.5. The fraction of sp³-hybridized carbons (Fsp3) is 0.176. The molecule has 3 rings (SSSR count). The number of nitrogens with zero attached hydrogens (tertiary/aromatic N) is 2. The summed E-state index contributed by atoms with van der Waals surface area (Å²) in [5.41, 5.74) is 6.64. The Morgan fingerprint density at radius 3 is 2.59 bits per heavy atom. The second-order valence-corrected chi connectivity index (χ2v) is 5.09. The SMILES string of the molecule is CC[C@@H](N)c1nc2cccc(F)c2c(=O)n1-c1ccccc1. The van der Waals surface area contributed by atoms with Crippen LogP contribution in [0.3, 0.4) is 0 Å². The summed E-state index contributed by atoms with van der Waals surface area (Å²) in [5.74, 6) is -0.131. The van der Waals surface area contributed by atoms with Crippen LogP contribution in [0.1, 0.15) is 25.2 Å². The summed E-state index contributed by atoms with van der Waals surface area (Å²) in [7, 11) is 0. The van der Waals surface area contributed by atoms with E-state index in [0.29, 0.717) is 23.4 Å². The van der Waals surface area contributed by atoms with Gasteiger partial charge in [-0.05, 0) is 30.7 Å². The first-order valence-corrected chi connectivity index (χ1v) is 7.15. The second kappa shape index (κ2) is 5.69. The van der Waals surface area contributed by atoms with Crippen molar-refractivity contribution in [1.29, 1.82) is 0 Å². The number of benzene rings is 2. The third-order valence-electron chi connectivity index (χ3n) is 3.66. The maximum Gasteiger partial charge on any atom is 0.269 e. The monoisotopic (exact) mass is 297 g/mol. The average molecular weight is 297 g/mol. The summed E-state index contributed by atoms with van der Waals surface area (Å²) in [4.78, 5) is 17.3. The summed E-state index contributed by atoms with van der Waals surface area (Å²) in [6.07, 6.45) is 0.625. The van der Waals surface area contributed by atoms with Crippen LogP contribution >= 0.6 is 0 Å². The molecule has 2 aromatic carbocycles. The molecule has 0 aliphatic carbocycles. The third kappa shape index (κ3) is 2.29. The van der Waals surface area contributed by atoms with Crippen LogP contribution in [-0.4, -0.2) is 9.55 Å². The van der Waals surface area contributed by atoms with E-state index in [2.05, 4.69) is 4.98 Å². The van der Waals surface area contributed by atoms with E-state index in [-0.39, 0.29) is 5.39 Å². The molecule has 4 nitrogen and oxygen atoms in total. The first-order valence-electron chi connectivity index (χ1n) is 7.15. The van der Waals surface area contributed by atoms with Gasteiger partial charge in [-0.3, -0.25) is 9.36 Å². The lowest BCUT2D eigenvalue weighted by Crippen LogP contribution is -2.28. The van der Waals surface area contributed by atoms with E-state index >= 15 is 0 Å². The minimum atomic E-state index is -0.573. The van der Waals surface area contributed by atoms with Gasteiger partial charge in [-0.15, -0.1) is 0 Å². The molecule has 0 aliphatic rings. The summed E-state index contributed by atoms with van der Waals surface area (Å²) >= 11 is 0. The van der Waals surface area contributed by atoms with E-state index in [1.165, 1.54) is 16.7 Å². The molecule has 3 aromatic rings. The van der Waals surface area contributed by atoms with Gasteiger partial charge in [0.25, 0.3) is 5.56 Å². The molecule has 0 amide bonds. The maximum absolute atomic E-state index is 14.1. The highest BCUT2D eigenvalue weighted by atomic mass is 19.1. The molecule has 0 saturated carbocycles. The van der Waals surface area contributed by atoms with Crippen molar-refractivity contribution < 1.29 is 4.39 Å². The van der Waals surface area contributed by atoms with Crippen molar-refractivity contribution in [2.45, 2.75) is 19.4 Å². The van der Waals surface area contributed by atoms with Gasteiger partial charge in [-0.25, -0.2) is 9.37 Å². The van der Waals surface area contributed by atoms with Gasteiger partial charge in [0.2, 0.25) is 0 Å². The minimum absolute atomic E-state index is 0.0154. The number of nitrogens with two attached hydrogens (primary N) is 1. The zero-order valence-electron chi connectivity index (χ0n) is 12.2. The Kier molecular flexibility index (Phi) is 3.73. The van der Waals surface area contributed by atoms with Gasteiger partial charge in [0, 0.05) is 0 Å². The predicted octanol–water partition coefficient (Wildman–Crippen LogP) is 2.93. The van der Waals surface area contributed by atoms with Crippen molar-refractivity contribution in [2.75, 3.05) is 0 Å². The minimum Gasteiger partial charge on any atom is -0.321 e. The van der Waals surface area contributed by atoms with Crippen LogP contribution in [0.2, 0.25) is 0 Å². The molecular formula is C17H16FN3O. The number of aromatic nitrogens is 2. The van der Waals surface area contributed by atoms with Crippen LogP contribution in [0.4, 0.5) is 4.39 Å². The van der Waals surface area contributed by atoms with Crippen LogP contribution in [0.25, 0.3) is 16.6 Å². The van der Waals surface area contributed by atoms with Crippen LogP contribution in [0.5, 0.6) is 0 Å². The predicted molar refractivity (Wildman–Crippen MR) is 84.5 cm³/mol. The Balaban J connectivity index is 2.44. The lowest BCUT2D eigenvalue weighted by atomic mass is 10.1. The molecule has 22 heavy (non-hydrogen) atoms. The number of rotatable bonds is 3. The van der Waals surface area contributed by atoms with Gasteiger partial charge in [-0.2, -0.15) is 0 Å². The maximum atomic E-state index is 14.1. The van der Waals surface area contributed by atoms with Gasteiger partial charge < -0.3 is 5.73 Å². The number of halogens is 1. The molecule has 2 N–H and O–H groups in total. The van der Waals surface area contributed by atoms with Crippen LogP contribution < -0.4 is 11.3 Å². The first-order chi connectivity index (χ1) is 10.6. The topological polar surface area (TPSA) is 60.9 Å². The molecule has 0 fully saturated rings. The molecule has 1 heterocycles. The average Bonchev–Trinajstić information content (AvgIpc) is 2.54. The number of hydrogen-bond donors (Lipinski definition) is 1. The summed E-state index contributed by atoms with van der Waals surface area (Å²) in [6, 6.07) is 13.1. The molecular weight excluding hydrogens is 281 g/mol. The second-order valence-electron chi connectivity index (χ2n) is 5.09. The summed E-state index contributed by atoms with van der Waals surface area (Å²) in [5, 5.41) is -0.0154. The van der Waals surface area contributed by atoms with E-state index in [1.807, 2.05) is 25.1 Å². The lowest BCUT2D eigenvalue weighted by molar-refractivity contribution is 0.614. The lowest BCUT2D eigenvalue weighted by Gasteiger charge is -2.17.